The first-order valence-electron chi connectivity index (χ1n) is 5.99. The Balaban J connectivity index is 1.92. The van der Waals surface area contributed by atoms with E-state index in [1.165, 1.54) is 12.1 Å². The molecule has 6 heteroatoms. The van der Waals surface area contributed by atoms with Gasteiger partial charge in [-0.25, -0.2) is 9.59 Å². The van der Waals surface area contributed by atoms with Crippen LogP contribution in [0.2, 0.25) is 0 Å². The smallest absolute Gasteiger partial charge is 0.349 e. The maximum atomic E-state index is 11.7. The van der Waals surface area contributed by atoms with Crippen LogP contribution in [0.4, 0.5) is 0 Å². The zero-order chi connectivity index (χ0) is 14.5. The number of hydrogen-bond donors (Lipinski definition) is 2. The first-order chi connectivity index (χ1) is 9.56. The van der Waals surface area contributed by atoms with Crippen LogP contribution in [0.3, 0.4) is 0 Å². The lowest BCUT2D eigenvalue weighted by molar-refractivity contribution is -0.139. The zero-order valence-electron chi connectivity index (χ0n) is 10.6. The average Bonchev–Trinajstić information content (AvgIpc) is 2.95. The van der Waals surface area contributed by atoms with Gasteiger partial charge >= 0.3 is 11.9 Å². The van der Waals surface area contributed by atoms with E-state index < -0.39 is 18.0 Å². The van der Waals surface area contributed by atoms with Crippen molar-refractivity contribution in [2.75, 3.05) is 0 Å². The van der Waals surface area contributed by atoms with Crippen molar-refractivity contribution in [2.24, 2.45) is 5.73 Å². The number of carbonyl (C=O) groups excluding carboxylic acids is 2. The standard InChI is InChI=1S/C14H14NO4P/c15-11(8-9-3-5-10(16)6-4-9)13(17)19-14(18)12-2-1-7-20-12/h1-7,11,16,20H,8,15H2/t11-/m0/s1. The normalized spacial score (nSPS) is 12.2. The lowest BCUT2D eigenvalue weighted by atomic mass is 10.1. The molecule has 0 spiro atoms. The fraction of sp³-hybridized carbons (Fsp3) is 0.143. The number of aromatic hydroxyl groups is 1. The van der Waals surface area contributed by atoms with Crippen molar-refractivity contribution < 1.29 is 19.4 Å². The maximum Gasteiger partial charge on any atom is 0.349 e. The molecule has 3 N–H and O–H groups in total. The first-order valence-corrected chi connectivity index (χ1v) is 7.07. The van der Waals surface area contributed by atoms with Crippen LogP contribution < -0.4 is 5.73 Å². The van der Waals surface area contributed by atoms with E-state index in [-0.39, 0.29) is 20.4 Å². The van der Waals surface area contributed by atoms with Gasteiger partial charge < -0.3 is 15.6 Å². The summed E-state index contributed by atoms with van der Waals surface area (Å²) in [6.07, 6.45) is 0.242. The van der Waals surface area contributed by atoms with Crippen LogP contribution in [0.15, 0.2) is 42.2 Å². The summed E-state index contributed by atoms with van der Waals surface area (Å²) >= 11 is 0. The Bertz CT molecular complexity index is 592. The van der Waals surface area contributed by atoms with Crippen LogP contribution in [0.25, 0.3) is 0 Å². The summed E-state index contributed by atoms with van der Waals surface area (Å²) in [6, 6.07) is 8.80. The van der Waals surface area contributed by atoms with Crippen LogP contribution in [-0.2, 0) is 16.0 Å². The minimum Gasteiger partial charge on any atom is -0.508 e. The van der Waals surface area contributed by atoms with Gasteiger partial charge in [-0.3, -0.25) is 0 Å². The van der Waals surface area contributed by atoms with Gasteiger partial charge in [-0.05, 0) is 36.0 Å². The number of hydrogen-bond acceptors (Lipinski definition) is 5. The van der Waals surface area contributed by atoms with Crippen LogP contribution in [0.1, 0.15) is 15.7 Å². The highest BCUT2D eigenvalue weighted by molar-refractivity contribution is 7.31. The van der Waals surface area contributed by atoms with E-state index in [9.17, 15) is 9.59 Å². The number of phenolic OH excluding ortho intramolecular Hbond substituents is 1. The molecule has 20 heavy (non-hydrogen) atoms. The first kappa shape index (κ1) is 14.3. The molecule has 0 aliphatic heterocycles. The predicted octanol–water partition coefficient (Wildman–Crippen LogP) is 1.68. The molecular formula is C14H14NO4P. The summed E-state index contributed by atoms with van der Waals surface area (Å²) in [7, 11) is 0.230. The van der Waals surface area contributed by atoms with E-state index in [1.54, 1.807) is 24.3 Å². The van der Waals surface area contributed by atoms with Crippen LogP contribution in [0.5, 0.6) is 5.75 Å². The molecule has 0 saturated carbocycles. The SMILES string of the molecule is N[C@@H](Cc1ccc(O)cc1)C(=O)OC(=O)c1ccc[pH]1. The highest BCUT2D eigenvalue weighted by Crippen LogP contribution is 2.16. The second-order valence-electron chi connectivity index (χ2n) is 4.27. The molecule has 1 unspecified atom stereocenters. The average molecular weight is 291 g/mol. The predicted molar refractivity (Wildman–Crippen MR) is 76.2 cm³/mol. The molecule has 2 rings (SSSR count). The number of carbonyl (C=O) groups is 2. The summed E-state index contributed by atoms with van der Waals surface area (Å²) < 4.78 is 4.74. The van der Waals surface area contributed by atoms with Crippen molar-refractivity contribution in [3.63, 3.8) is 0 Å². The van der Waals surface area contributed by atoms with Crippen LogP contribution in [0, 0.1) is 0 Å². The fourth-order valence-electron chi connectivity index (χ4n) is 1.65. The van der Waals surface area contributed by atoms with Gasteiger partial charge in [-0.1, -0.05) is 18.2 Å². The summed E-state index contributed by atoms with van der Waals surface area (Å²) in [5.74, 6) is 0.583. The minimum atomic E-state index is -0.915. The molecule has 0 amide bonds. The Morgan fingerprint density at radius 2 is 1.95 bits per heavy atom. The summed E-state index contributed by atoms with van der Waals surface area (Å²) in [6.45, 7) is 0. The molecule has 5 nitrogen and oxygen atoms in total. The molecule has 0 bridgehead atoms. The molecule has 0 aliphatic rings. The molecular weight excluding hydrogens is 277 g/mol. The summed E-state index contributed by atoms with van der Waals surface area (Å²) in [4.78, 5) is 23.3. The van der Waals surface area contributed by atoms with Gasteiger partial charge in [0.2, 0.25) is 0 Å². The Kier molecular flexibility index (Phi) is 4.56. The summed E-state index contributed by atoms with van der Waals surface area (Å²) in [5.41, 5.74) is 6.49. The summed E-state index contributed by atoms with van der Waals surface area (Å²) in [5, 5.41) is 9.63. The number of benzene rings is 1. The van der Waals surface area contributed by atoms with Crippen molar-refractivity contribution in [3.05, 3.63) is 53.1 Å². The van der Waals surface area contributed by atoms with E-state index >= 15 is 0 Å². The van der Waals surface area contributed by atoms with Gasteiger partial charge in [-0.15, -0.1) is 8.19 Å². The maximum absolute atomic E-state index is 11.7. The Morgan fingerprint density at radius 1 is 1.25 bits per heavy atom. The molecule has 0 radical (unpaired) electrons. The number of ether oxygens (including phenoxy) is 1. The Hall–Kier alpha value is -2.10. The number of esters is 2. The Morgan fingerprint density at radius 3 is 2.55 bits per heavy atom. The number of phenols is 1. The van der Waals surface area contributed by atoms with Gasteiger partial charge in [0.1, 0.15) is 11.8 Å². The fourth-order valence-corrected chi connectivity index (χ4v) is 2.38. The van der Waals surface area contributed by atoms with E-state index in [4.69, 9.17) is 15.6 Å². The van der Waals surface area contributed by atoms with E-state index in [0.717, 1.165) is 5.56 Å². The molecule has 0 aliphatic carbocycles. The Labute approximate surface area is 117 Å². The lowest BCUT2D eigenvalue weighted by Crippen LogP contribution is -2.35. The lowest BCUT2D eigenvalue weighted by Gasteiger charge is -2.10. The van der Waals surface area contributed by atoms with E-state index in [2.05, 4.69) is 0 Å². The van der Waals surface area contributed by atoms with Gasteiger partial charge in [0, 0.05) is 0 Å². The number of nitrogens with two attached hydrogens (primary N) is 1. The van der Waals surface area contributed by atoms with Crippen molar-refractivity contribution in [2.45, 2.75) is 12.5 Å². The third kappa shape index (κ3) is 3.70. The highest BCUT2D eigenvalue weighted by atomic mass is 31.0. The molecule has 2 atom stereocenters. The second-order valence-corrected chi connectivity index (χ2v) is 5.43. The van der Waals surface area contributed by atoms with Gasteiger partial charge in [-0.2, -0.15) is 0 Å². The van der Waals surface area contributed by atoms with Gasteiger partial charge in [0.05, 0.1) is 5.30 Å². The van der Waals surface area contributed by atoms with Crippen molar-refractivity contribution in [1.82, 2.24) is 0 Å². The van der Waals surface area contributed by atoms with E-state index in [0.29, 0.717) is 5.30 Å². The topological polar surface area (TPSA) is 89.6 Å². The van der Waals surface area contributed by atoms with Crippen LogP contribution >= 0.6 is 8.19 Å². The van der Waals surface area contributed by atoms with Gasteiger partial charge in [0.25, 0.3) is 0 Å². The molecule has 1 heterocycles. The van der Waals surface area contributed by atoms with Gasteiger partial charge in [0.15, 0.2) is 0 Å². The zero-order valence-corrected chi connectivity index (χ0v) is 11.6. The van der Waals surface area contributed by atoms with Crippen molar-refractivity contribution in [1.29, 1.82) is 0 Å². The molecule has 2 aromatic rings. The monoisotopic (exact) mass is 291 g/mol. The highest BCUT2D eigenvalue weighted by Gasteiger charge is 2.20. The quantitative estimate of drug-likeness (QED) is 0.660. The molecule has 1 aromatic carbocycles. The van der Waals surface area contributed by atoms with Crippen molar-refractivity contribution >= 4 is 20.1 Å². The molecule has 0 fully saturated rings. The van der Waals surface area contributed by atoms with Crippen LogP contribution in [-0.4, -0.2) is 23.1 Å². The molecule has 0 saturated heterocycles. The molecule has 104 valence electrons. The number of rotatable bonds is 4. The third-order valence-corrected chi connectivity index (χ3v) is 3.75. The minimum absolute atomic E-state index is 0.140. The third-order valence-electron chi connectivity index (χ3n) is 2.71. The largest absolute Gasteiger partial charge is 0.508 e. The van der Waals surface area contributed by atoms with Crippen molar-refractivity contribution in [3.8, 4) is 5.75 Å². The second kappa shape index (κ2) is 6.37. The van der Waals surface area contributed by atoms with E-state index in [1.807, 2.05) is 5.80 Å². The molecule has 1 aromatic heterocycles.